The van der Waals surface area contributed by atoms with Gasteiger partial charge in [0.25, 0.3) is 0 Å². The van der Waals surface area contributed by atoms with Crippen molar-refractivity contribution in [1.29, 1.82) is 0 Å². The van der Waals surface area contributed by atoms with Gasteiger partial charge in [-0.1, -0.05) is 24.2 Å². The minimum atomic E-state index is -0.271. The maximum Gasteiger partial charge on any atom is 0.175 e. The third kappa shape index (κ3) is 1.70. The van der Waals surface area contributed by atoms with E-state index < -0.39 is 0 Å². The van der Waals surface area contributed by atoms with Crippen LogP contribution in [0.4, 0.5) is 10.2 Å². The molecule has 2 aromatic rings. The Morgan fingerprint density at radius 3 is 2.60 bits per heavy atom. The Kier molecular flexibility index (Phi) is 2.41. The number of rotatable bonds is 2. The van der Waals surface area contributed by atoms with E-state index in [0.29, 0.717) is 12.2 Å². The highest BCUT2D eigenvalue weighted by Gasteiger charge is 2.13. The normalized spacial score (nSPS) is 10.5. The van der Waals surface area contributed by atoms with E-state index in [0.717, 1.165) is 16.9 Å². The maximum absolute atomic E-state index is 12.7. The minimum absolute atomic E-state index is 0.271. The van der Waals surface area contributed by atoms with E-state index in [2.05, 4.69) is 5.16 Å². The quantitative estimate of drug-likeness (QED) is 0.821. The van der Waals surface area contributed by atoms with Crippen LogP contribution >= 0.6 is 0 Å². The number of anilines is 1. The van der Waals surface area contributed by atoms with E-state index in [1.807, 2.05) is 6.92 Å². The molecule has 0 unspecified atom stereocenters. The molecule has 0 aliphatic carbocycles. The molecule has 1 aromatic heterocycles. The van der Waals surface area contributed by atoms with Crippen LogP contribution in [0, 0.1) is 5.82 Å². The number of nitrogen functional groups attached to an aromatic ring is 1. The summed E-state index contributed by atoms with van der Waals surface area (Å²) in [5.74, 6) is 0.796. The van der Waals surface area contributed by atoms with E-state index >= 15 is 0 Å². The van der Waals surface area contributed by atoms with E-state index in [9.17, 15) is 4.39 Å². The lowest BCUT2D eigenvalue weighted by molar-refractivity contribution is 0.390. The molecule has 78 valence electrons. The second kappa shape index (κ2) is 3.73. The summed E-state index contributed by atoms with van der Waals surface area (Å²) in [4.78, 5) is 0. The fourth-order valence-electron chi connectivity index (χ4n) is 1.51. The second-order valence-electron chi connectivity index (χ2n) is 3.23. The molecule has 0 atom stereocenters. The molecule has 0 saturated carbocycles. The summed E-state index contributed by atoms with van der Waals surface area (Å²) in [7, 11) is 0. The predicted molar refractivity (Wildman–Crippen MR) is 55.7 cm³/mol. The summed E-state index contributed by atoms with van der Waals surface area (Å²) in [6.07, 6.45) is 0.705. The van der Waals surface area contributed by atoms with Gasteiger partial charge in [0.05, 0.1) is 5.56 Å². The lowest BCUT2D eigenvalue weighted by Crippen LogP contribution is -1.89. The van der Waals surface area contributed by atoms with Gasteiger partial charge in [0.1, 0.15) is 11.6 Å². The van der Waals surface area contributed by atoms with Crippen molar-refractivity contribution in [3.05, 3.63) is 35.8 Å². The topological polar surface area (TPSA) is 52.0 Å². The monoisotopic (exact) mass is 206 g/mol. The first-order valence-corrected chi connectivity index (χ1v) is 4.72. The standard InChI is InChI=1S/C11H11FN2O/c1-2-9-10(11(13)14-15-9)7-3-5-8(12)6-4-7/h3-6H,2H2,1H3,(H2,13,14). The van der Waals surface area contributed by atoms with Gasteiger partial charge in [-0.25, -0.2) is 4.39 Å². The van der Waals surface area contributed by atoms with Gasteiger partial charge in [0.2, 0.25) is 0 Å². The molecule has 0 saturated heterocycles. The average Bonchev–Trinajstić information content (AvgIpc) is 2.61. The first-order chi connectivity index (χ1) is 7.22. The molecular weight excluding hydrogens is 195 g/mol. The Morgan fingerprint density at radius 1 is 1.33 bits per heavy atom. The van der Waals surface area contributed by atoms with Gasteiger partial charge < -0.3 is 10.3 Å². The summed E-state index contributed by atoms with van der Waals surface area (Å²) in [6.45, 7) is 1.95. The summed E-state index contributed by atoms with van der Waals surface area (Å²) in [6, 6.07) is 6.11. The molecule has 15 heavy (non-hydrogen) atoms. The molecule has 0 spiro atoms. The lowest BCUT2D eigenvalue weighted by atomic mass is 10.0. The molecule has 0 fully saturated rings. The van der Waals surface area contributed by atoms with Gasteiger partial charge >= 0.3 is 0 Å². The fourth-order valence-corrected chi connectivity index (χ4v) is 1.51. The fraction of sp³-hybridized carbons (Fsp3) is 0.182. The van der Waals surface area contributed by atoms with Crippen molar-refractivity contribution in [3.63, 3.8) is 0 Å². The molecule has 4 heteroatoms. The van der Waals surface area contributed by atoms with Gasteiger partial charge in [-0.2, -0.15) is 0 Å². The Hall–Kier alpha value is -1.84. The smallest absolute Gasteiger partial charge is 0.175 e. The molecule has 1 heterocycles. The minimum Gasteiger partial charge on any atom is -0.380 e. The molecule has 0 aliphatic rings. The number of benzene rings is 1. The third-order valence-electron chi connectivity index (χ3n) is 2.24. The van der Waals surface area contributed by atoms with E-state index in [1.54, 1.807) is 12.1 Å². The van der Waals surface area contributed by atoms with Crippen LogP contribution in [0.5, 0.6) is 0 Å². The Morgan fingerprint density at radius 2 is 2.00 bits per heavy atom. The Bertz CT molecular complexity index is 462. The zero-order chi connectivity index (χ0) is 10.8. The van der Waals surface area contributed by atoms with Crippen LogP contribution in [-0.2, 0) is 6.42 Å². The summed E-state index contributed by atoms with van der Waals surface area (Å²) in [5, 5.41) is 3.70. The molecule has 0 radical (unpaired) electrons. The van der Waals surface area contributed by atoms with Crippen molar-refractivity contribution >= 4 is 5.82 Å². The second-order valence-corrected chi connectivity index (χ2v) is 3.23. The van der Waals surface area contributed by atoms with Crippen LogP contribution in [-0.4, -0.2) is 5.16 Å². The molecule has 0 aliphatic heterocycles. The number of aromatic nitrogens is 1. The largest absolute Gasteiger partial charge is 0.380 e. The van der Waals surface area contributed by atoms with Crippen molar-refractivity contribution in [2.24, 2.45) is 0 Å². The van der Waals surface area contributed by atoms with Gasteiger partial charge in [-0.05, 0) is 17.7 Å². The van der Waals surface area contributed by atoms with Crippen LogP contribution in [0.3, 0.4) is 0 Å². The van der Waals surface area contributed by atoms with Crippen molar-refractivity contribution in [2.45, 2.75) is 13.3 Å². The van der Waals surface area contributed by atoms with Crippen molar-refractivity contribution in [2.75, 3.05) is 5.73 Å². The molecule has 2 N–H and O–H groups in total. The van der Waals surface area contributed by atoms with Crippen LogP contribution in [0.2, 0.25) is 0 Å². The molecule has 3 nitrogen and oxygen atoms in total. The van der Waals surface area contributed by atoms with E-state index in [-0.39, 0.29) is 5.82 Å². The highest BCUT2D eigenvalue weighted by Crippen LogP contribution is 2.29. The van der Waals surface area contributed by atoms with Crippen LogP contribution in [0.25, 0.3) is 11.1 Å². The van der Waals surface area contributed by atoms with Gasteiger partial charge in [0.15, 0.2) is 5.82 Å². The summed E-state index contributed by atoms with van der Waals surface area (Å²) in [5.41, 5.74) is 7.28. The third-order valence-corrected chi connectivity index (χ3v) is 2.24. The SMILES string of the molecule is CCc1onc(N)c1-c1ccc(F)cc1. The van der Waals surface area contributed by atoms with Crippen LogP contribution < -0.4 is 5.73 Å². The zero-order valence-electron chi connectivity index (χ0n) is 8.33. The lowest BCUT2D eigenvalue weighted by Gasteiger charge is -2.00. The van der Waals surface area contributed by atoms with Crippen molar-refractivity contribution in [1.82, 2.24) is 5.16 Å². The summed E-state index contributed by atoms with van der Waals surface area (Å²) < 4.78 is 17.8. The molecule has 2 rings (SSSR count). The van der Waals surface area contributed by atoms with Gasteiger partial charge in [-0.3, -0.25) is 0 Å². The molecule has 0 amide bonds. The Balaban J connectivity index is 2.52. The van der Waals surface area contributed by atoms with E-state index in [4.69, 9.17) is 10.3 Å². The first kappa shape index (κ1) is 9.71. The zero-order valence-corrected chi connectivity index (χ0v) is 8.33. The first-order valence-electron chi connectivity index (χ1n) is 4.72. The maximum atomic E-state index is 12.7. The predicted octanol–water partition coefficient (Wildman–Crippen LogP) is 2.63. The Labute approximate surface area is 86.7 Å². The highest BCUT2D eigenvalue weighted by molar-refractivity contribution is 5.75. The summed E-state index contributed by atoms with van der Waals surface area (Å²) >= 11 is 0. The average molecular weight is 206 g/mol. The number of hydrogen-bond acceptors (Lipinski definition) is 3. The van der Waals surface area contributed by atoms with E-state index in [1.165, 1.54) is 12.1 Å². The molecule has 1 aromatic carbocycles. The highest BCUT2D eigenvalue weighted by atomic mass is 19.1. The van der Waals surface area contributed by atoms with Gasteiger partial charge in [-0.15, -0.1) is 0 Å². The number of nitrogens with zero attached hydrogens (tertiary/aromatic N) is 1. The van der Waals surface area contributed by atoms with Gasteiger partial charge in [0, 0.05) is 6.42 Å². The number of halogens is 1. The van der Waals surface area contributed by atoms with Crippen LogP contribution in [0.1, 0.15) is 12.7 Å². The molecular formula is C11H11FN2O. The number of nitrogens with two attached hydrogens (primary N) is 1. The molecule has 0 bridgehead atoms. The van der Waals surface area contributed by atoms with Crippen molar-refractivity contribution in [3.8, 4) is 11.1 Å². The number of hydrogen-bond donors (Lipinski definition) is 1. The van der Waals surface area contributed by atoms with Crippen LogP contribution in [0.15, 0.2) is 28.8 Å². The number of aryl methyl sites for hydroxylation is 1. The van der Waals surface area contributed by atoms with Crippen molar-refractivity contribution < 1.29 is 8.91 Å².